The lowest BCUT2D eigenvalue weighted by Crippen LogP contribution is -2.29. The number of halogens is 3. The zero-order chi connectivity index (χ0) is 27.8. The van der Waals surface area contributed by atoms with Gasteiger partial charge in [-0.2, -0.15) is 23.5 Å². The number of carbonyl (C=O) groups is 1. The molecule has 4 aromatic rings. The summed E-state index contributed by atoms with van der Waals surface area (Å²) in [6.07, 6.45) is 0.781. The number of hydrogen-bond acceptors (Lipinski definition) is 8. The van der Waals surface area contributed by atoms with Gasteiger partial charge in [-0.3, -0.25) is 18.8 Å². The molecule has 0 aliphatic heterocycles. The van der Waals surface area contributed by atoms with Crippen LogP contribution in [-0.4, -0.2) is 35.5 Å². The van der Waals surface area contributed by atoms with Crippen LogP contribution >= 0.6 is 0 Å². The second-order valence-corrected chi connectivity index (χ2v) is 8.52. The molecule has 2 atom stereocenters. The number of anilines is 1. The lowest BCUT2D eigenvalue weighted by molar-refractivity contribution is -0.137. The Morgan fingerprint density at radius 3 is 2.58 bits per heavy atom. The van der Waals surface area contributed by atoms with Crippen LogP contribution in [0, 0.1) is 11.3 Å². The van der Waals surface area contributed by atoms with Crippen molar-refractivity contribution in [2.75, 3.05) is 5.32 Å². The molecular weight excluding hydrogens is 507 g/mol. The molecule has 11 nitrogen and oxygen atoms in total. The molecule has 0 saturated heterocycles. The predicted octanol–water partition coefficient (Wildman–Crippen LogP) is 3.29. The minimum Gasteiger partial charge on any atom is -0.501 e. The summed E-state index contributed by atoms with van der Waals surface area (Å²) in [5.41, 5.74) is -1.80. The summed E-state index contributed by atoms with van der Waals surface area (Å²) in [5, 5.41) is 30.1. The molecule has 0 spiro atoms. The number of nitriles is 1. The van der Waals surface area contributed by atoms with Crippen molar-refractivity contribution in [3.63, 3.8) is 0 Å². The van der Waals surface area contributed by atoms with Crippen LogP contribution in [0.25, 0.3) is 0 Å². The average molecular weight is 527 g/mol. The maximum absolute atomic E-state index is 13.3. The maximum Gasteiger partial charge on any atom is 0.416 e. The van der Waals surface area contributed by atoms with Crippen LogP contribution < -0.4 is 10.9 Å². The molecule has 3 heterocycles. The number of carbonyl (C=O) groups excluding carboxylic acids is 1. The van der Waals surface area contributed by atoms with Crippen LogP contribution in [0.1, 0.15) is 57.3 Å². The lowest BCUT2D eigenvalue weighted by atomic mass is 9.80. The molecule has 0 fully saturated rings. The molecule has 3 aromatic heterocycles. The van der Waals surface area contributed by atoms with E-state index in [4.69, 9.17) is 0 Å². The van der Waals surface area contributed by atoms with E-state index in [-0.39, 0.29) is 22.6 Å². The highest BCUT2D eigenvalue weighted by atomic mass is 19.4. The number of nitrogens with one attached hydrogen (secondary N) is 1. The van der Waals surface area contributed by atoms with Crippen LogP contribution in [-0.2, 0) is 20.3 Å². The Morgan fingerprint density at radius 2 is 2.00 bits per heavy atom. The summed E-state index contributed by atoms with van der Waals surface area (Å²) >= 11 is 0. The molecule has 1 amide bonds. The molecule has 0 radical (unpaired) electrons. The van der Waals surface area contributed by atoms with Gasteiger partial charge in [0.25, 0.3) is 11.5 Å². The van der Waals surface area contributed by atoms with E-state index < -0.39 is 46.5 Å². The SMILES string of the molecule is C[C@@H](c1nc(C(=O)Nc2cnoc2)c(O)c(=O)n1C)[C@@H](c1cnn(C)c1)c1ccc(C(F)(F)F)cc1C#N. The summed E-state index contributed by atoms with van der Waals surface area (Å²) in [7, 11) is 2.98. The summed E-state index contributed by atoms with van der Waals surface area (Å²) in [6, 6.07) is 4.65. The number of alkyl halides is 3. The van der Waals surface area contributed by atoms with E-state index in [9.17, 15) is 33.1 Å². The van der Waals surface area contributed by atoms with Gasteiger partial charge in [-0.05, 0) is 23.3 Å². The van der Waals surface area contributed by atoms with Gasteiger partial charge in [-0.15, -0.1) is 0 Å². The maximum atomic E-state index is 13.3. The van der Waals surface area contributed by atoms with Crippen LogP contribution in [0.3, 0.4) is 0 Å². The van der Waals surface area contributed by atoms with E-state index in [1.54, 1.807) is 20.2 Å². The van der Waals surface area contributed by atoms with Crippen molar-refractivity contribution >= 4 is 11.6 Å². The van der Waals surface area contributed by atoms with Gasteiger partial charge in [0, 0.05) is 32.1 Å². The highest BCUT2D eigenvalue weighted by Gasteiger charge is 2.35. The number of rotatable bonds is 6. The second kappa shape index (κ2) is 9.85. The topological polar surface area (TPSA) is 152 Å². The fraction of sp³-hybridized carbons (Fsp3) is 0.250. The summed E-state index contributed by atoms with van der Waals surface area (Å²) in [6.45, 7) is 1.64. The first-order valence-electron chi connectivity index (χ1n) is 11.0. The highest BCUT2D eigenvalue weighted by Crippen LogP contribution is 2.40. The molecule has 0 aliphatic rings. The molecule has 38 heavy (non-hydrogen) atoms. The largest absolute Gasteiger partial charge is 0.501 e. The van der Waals surface area contributed by atoms with Crippen molar-refractivity contribution in [1.82, 2.24) is 24.5 Å². The van der Waals surface area contributed by atoms with Crippen LogP contribution in [0.4, 0.5) is 18.9 Å². The standard InChI is InChI=1S/C24H20F3N7O4/c1-12(21-32-19(20(35)23(37)34(21)3)22(36)31-16-9-30-38-11-16)18(14-8-29-33(2)10-14)17-5-4-15(24(25,26)27)6-13(17)7-28/h4-6,8-12,18,35H,1-3H3,(H,31,36)/t12-,18+/m1/s1. The molecule has 0 saturated carbocycles. The van der Waals surface area contributed by atoms with Gasteiger partial charge in [-0.1, -0.05) is 18.1 Å². The highest BCUT2D eigenvalue weighted by molar-refractivity contribution is 6.04. The van der Waals surface area contributed by atoms with Gasteiger partial charge in [-0.25, -0.2) is 4.98 Å². The van der Waals surface area contributed by atoms with Crippen LogP contribution in [0.5, 0.6) is 5.75 Å². The van der Waals surface area contributed by atoms with E-state index in [0.717, 1.165) is 23.0 Å². The molecule has 1 aromatic carbocycles. The molecule has 0 unspecified atom stereocenters. The summed E-state index contributed by atoms with van der Waals surface area (Å²) in [4.78, 5) is 29.9. The third-order valence-electron chi connectivity index (χ3n) is 6.03. The zero-order valence-electron chi connectivity index (χ0n) is 20.2. The summed E-state index contributed by atoms with van der Waals surface area (Å²) in [5.74, 6) is -3.38. The van der Waals surface area contributed by atoms with Crippen molar-refractivity contribution in [3.8, 4) is 11.8 Å². The van der Waals surface area contributed by atoms with Crippen molar-refractivity contribution in [2.24, 2.45) is 14.1 Å². The Kier molecular flexibility index (Phi) is 6.77. The van der Waals surface area contributed by atoms with Gasteiger partial charge >= 0.3 is 6.18 Å². The summed E-state index contributed by atoms with van der Waals surface area (Å²) < 4.78 is 47.2. The van der Waals surface area contributed by atoms with Crippen molar-refractivity contribution in [2.45, 2.75) is 24.9 Å². The predicted molar refractivity (Wildman–Crippen MR) is 125 cm³/mol. The van der Waals surface area contributed by atoms with Crippen molar-refractivity contribution in [3.05, 3.63) is 87.2 Å². The number of hydrogen-bond donors (Lipinski definition) is 2. The van der Waals surface area contributed by atoms with E-state index in [1.807, 2.05) is 6.07 Å². The van der Waals surface area contributed by atoms with E-state index in [0.29, 0.717) is 5.56 Å². The fourth-order valence-electron chi connectivity index (χ4n) is 4.22. The molecular formula is C24H20F3N7O4. The van der Waals surface area contributed by atoms with Crippen LogP contribution in [0.2, 0.25) is 0 Å². The number of benzene rings is 1. The first-order valence-corrected chi connectivity index (χ1v) is 11.0. The first kappa shape index (κ1) is 26.1. The Labute approximate surface area is 212 Å². The number of nitrogens with zero attached hydrogens (tertiary/aromatic N) is 6. The smallest absolute Gasteiger partial charge is 0.416 e. The van der Waals surface area contributed by atoms with E-state index in [1.165, 1.54) is 30.2 Å². The molecule has 4 rings (SSSR count). The number of aromatic nitrogens is 5. The number of aryl methyl sites for hydroxylation is 1. The van der Waals surface area contributed by atoms with Crippen molar-refractivity contribution in [1.29, 1.82) is 5.26 Å². The quantitative estimate of drug-likeness (QED) is 0.388. The molecule has 196 valence electrons. The Morgan fingerprint density at radius 1 is 1.26 bits per heavy atom. The number of aromatic hydroxyl groups is 1. The minimum absolute atomic E-state index is 0.0286. The van der Waals surface area contributed by atoms with E-state index in [2.05, 4.69) is 25.1 Å². The van der Waals surface area contributed by atoms with Gasteiger partial charge in [0.1, 0.15) is 17.8 Å². The Balaban J connectivity index is 1.87. The third kappa shape index (κ3) is 4.85. The molecule has 2 N–H and O–H groups in total. The molecule has 14 heteroatoms. The normalized spacial score (nSPS) is 13.1. The zero-order valence-corrected chi connectivity index (χ0v) is 20.2. The fourth-order valence-corrected chi connectivity index (χ4v) is 4.22. The third-order valence-corrected chi connectivity index (χ3v) is 6.03. The van der Waals surface area contributed by atoms with E-state index >= 15 is 0 Å². The second-order valence-electron chi connectivity index (χ2n) is 8.52. The lowest BCUT2D eigenvalue weighted by Gasteiger charge is -2.26. The van der Waals surface area contributed by atoms with Gasteiger partial charge in [0.2, 0.25) is 5.75 Å². The van der Waals surface area contributed by atoms with Gasteiger partial charge in [0.05, 0.1) is 29.6 Å². The monoisotopic (exact) mass is 527 g/mol. The molecule has 0 bridgehead atoms. The van der Waals surface area contributed by atoms with Gasteiger partial charge < -0.3 is 14.9 Å². The van der Waals surface area contributed by atoms with Gasteiger partial charge in [0.15, 0.2) is 5.69 Å². The Hall–Kier alpha value is -4.93. The average Bonchev–Trinajstić information content (AvgIpc) is 3.54. The number of amides is 1. The molecule has 0 aliphatic carbocycles. The Bertz CT molecular complexity index is 1600. The minimum atomic E-state index is -4.66. The van der Waals surface area contributed by atoms with Crippen molar-refractivity contribution < 1.29 is 27.6 Å². The first-order chi connectivity index (χ1) is 17.9. The van der Waals surface area contributed by atoms with Crippen LogP contribution in [0.15, 0.2) is 52.4 Å².